The number of nitrogens with one attached hydrogen (secondary N) is 1. The van der Waals surface area contributed by atoms with Crippen LogP contribution in [-0.4, -0.2) is 29.3 Å². The van der Waals surface area contributed by atoms with E-state index in [1.807, 2.05) is 24.5 Å². The molecular formula is C11H18N2O. The zero-order chi connectivity index (χ0) is 10.2. The van der Waals surface area contributed by atoms with E-state index in [1.54, 1.807) is 0 Å². The summed E-state index contributed by atoms with van der Waals surface area (Å²) in [6.45, 7) is 3.29. The van der Waals surface area contributed by atoms with Crippen LogP contribution in [0.25, 0.3) is 0 Å². The predicted molar refractivity (Wildman–Crippen MR) is 57.1 cm³/mol. The lowest BCUT2D eigenvalue weighted by Crippen LogP contribution is -2.28. The first-order valence-electron chi connectivity index (χ1n) is 5.06. The number of rotatable bonds is 6. The van der Waals surface area contributed by atoms with E-state index in [0.717, 1.165) is 19.4 Å². The van der Waals surface area contributed by atoms with Crippen molar-refractivity contribution in [2.45, 2.75) is 25.8 Å². The molecule has 78 valence electrons. The van der Waals surface area contributed by atoms with E-state index < -0.39 is 0 Å². The fourth-order valence-corrected chi connectivity index (χ4v) is 1.31. The van der Waals surface area contributed by atoms with E-state index in [-0.39, 0.29) is 6.61 Å². The van der Waals surface area contributed by atoms with Crippen molar-refractivity contribution in [1.82, 2.24) is 10.3 Å². The van der Waals surface area contributed by atoms with Gasteiger partial charge in [-0.05, 0) is 44.0 Å². The summed E-state index contributed by atoms with van der Waals surface area (Å²) in [7, 11) is 0. The molecule has 0 aromatic carbocycles. The molecule has 1 aromatic heterocycles. The first kappa shape index (κ1) is 11.1. The summed E-state index contributed by atoms with van der Waals surface area (Å²) in [6, 6.07) is 4.44. The number of hydrogen-bond donors (Lipinski definition) is 2. The third kappa shape index (κ3) is 4.35. The molecule has 0 bridgehead atoms. The van der Waals surface area contributed by atoms with Crippen LogP contribution in [-0.2, 0) is 6.42 Å². The standard InChI is InChI=1S/C11H18N2O/c1-10(5-9-14)13-8-4-11-2-6-12-7-3-11/h2-3,6-7,10,13-14H,4-5,8-9H2,1H3. The van der Waals surface area contributed by atoms with E-state index in [9.17, 15) is 0 Å². The molecule has 1 atom stereocenters. The number of aliphatic hydroxyl groups is 1. The number of nitrogens with zero attached hydrogens (tertiary/aromatic N) is 1. The largest absolute Gasteiger partial charge is 0.396 e. The Morgan fingerprint density at radius 2 is 2.14 bits per heavy atom. The van der Waals surface area contributed by atoms with Crippen LogP contribution < -0.4 is 5.32 Å². The first-order valence-corrected chi connectivity index (χ1v) is 5.06. The maximum Gasteiger partial charge on any atom is 0.0445 e. The van der Waals surface area contributed by atoms with Gasteiger partial charge in [0, 0.05) is 25.0 Å². The normalized spacial score (nSPS) is 12.7. The van der Waals surface area contributed by atoms with Gasteiger partial charge in [-0.15, -0.1) is 0 Å². The average molecular weight is 194 g/mol. The summed E-state index contributed by atoms with van der Waals surface area (Å²) in [5.74, 6) is 0. The van der Waals surface area contributed by atoms with Crippen molar-refractivity contribution in [3.63, 3.8) is 0 Å². The first-order chi connectivity index (χ1) is 6.83. The van der Waals surface area contributed by atoms with Gasteiger partial charge in [-0.2, -0.15) is 0 Å². The van der Waals surface area contributed by atoms with Gasteiger partial charge >= 0.3 is 0 Å². The van der Waals surface area contributed by atoms with Crippen LogP contribution in [0.4, 0.5) is 0 Å². The number of pyridine rings is 1. The van der Waals surface area contributed by atoms with Crippen LogP contribution in [0.2, 0.25) is 0 Å². The van der Waals surface area contributed by atoms with Gasteiger partial charge in [-0.1, -0.05) is 0 Å². The van der Waals surface area contributed by atoms with Crippen molar-refractivity contribution < 1.29 is 5.11 Å². The van der Waals surface area contributed by atoms with E-state index in [4.69, 9.17) is 5.11 Å². The van der Waals surface area contributed by atoms with Gasteiger partial charge < -0.3 is 10.4 Å². The van der Waals surface area contributed by atoms with Gasteiger partial charge in [0.25, 0.3) is 0 Å². The Balaban J connectivity index is 2.16. The smallest absolute Gasteiger partial charge is 0.0445 e. The molecular weight excluding hydrogens is 176 g/mol. The highest BCUT2D eigenvalue weighted by molar-refractivity contribution is 5.09. The number of aliphatic hydroxyl groups excluding tert-OH is 1. The molecule has 1 heterocycles. The summed E-state index contributed by atoms with van der Waals surface area (Å²) in [6.07, 6.45) is 5.45. The van der Waals surface area contributed by atoms with Gasteiger partial charge in [-0.3, -0.25) is 4.98 Å². The molecule has 0 saturated carbocycles. The second-order valence-electron chi connectivity index (χ2n) is 3.47. The highest BCUT2D eigenvalue weighted by Crippen LogP contribution is 1.97. The van der Waals surface area contributed by atoms with Crippen LogP contribution in [0.5, 0.6) is 0 Å². The quantitative estimate of drug-likeness (QED) is 0.709. The fraction of sp³-hybridized carbons (Fsp3) is 0.545. The van der Waals surface area contributed by atoms with Crippen molar-refractivity contribution in [3.8, 4) is 0 Å². The molecule has 0 aliphatic heterocycles. The molecule has 0 amide bonds. The van der Waals surface area contributed by atoms with Crippen LogP contribution in [0.3, 0.4) is 0 Å². The Bertz CT molecular complexity index is 238. The molecule has 1 rings (SSSR count). The molecule has 0 fully saturated rings. The lowest BCUT2D eigenvalue weighted by atomic mass is 10.2. The summed E-state index contributed by atoms with van der Waals surface area (Å²) in [5, 5.41) is 12.1. The third-order valence-corrected chi connectivity index (χ3v) is 2.22. The van der Waals surface area contributed by atoms with Gasteiger partial charge in [0.15, 0.2) is 0 Å². The second kappa shape index (κ2) is 6.51. The molecule has 2 N–H and O–H groups in total. The van der Waals surface area contributed by atoms with E-state index >= 15 is 0 Å². The van der Waals surface area contributed by atoms with E-state index in [0.29, 0.717) is 6.04 Å². The molecule has 1 aromatic rings. The van der Waals surface area contributed by atoms with Gasteiger partial charge in [-0.25, -0.2) is 0 Å². The monoisotopic (exact) mass is 194 g/mol. The van der Waals surface area contributed by atoms with Gasteiger partial charge in [0.1, 0.15) is 0 Å². The van der Waals surface area contributed by atoms with Gasteiger partial charge in [0.05, 0.1) is 0 Å². The van der Waals surface area contributed by atoms with E-state index in [2.05, 4.69) is 17.2 Å². The van der Waals surface area contributed by atoms with Crippen molar-refractivity contribution in [2.24, 2.45) is 0 Å². The molecule has 1 unspecified atom stereocenters. The molecule has 14 heavy (non-hydrogen) atoms. The maximum atomic E-state index is 8.70. The predicted octanol–water partition coefficient (Wildman–Crippen LogP) is 0.985. The van der Waals surface area contributed by atoms with Crippen molar-refractivity contribution >= 4 is 0 Å². The summed E-state index contributed by atoms with van der Waals surface area (Å²) in [4.78, 5) is 3.96. The van der Waals surface area contributed by atoms with Crippen molar-refractivity contribution in [2.75, 3.05) is 13.2 Å². The molecule has 0 aliphatic rings. The highest BCUT2D eigenvalue weighted by Gasteiger charge is 1.99. The van der Waals surface area contributed by atoms with Crippen LogP contribution >= 0.6 is 0 Å². The maximum absolute atomic E-state index is 8.70. The highest BCUT2D eigenvalue weighted by atomic mass is 16.3. The molecule has 3 nitrogen and oxygen atoms in total. The minimum atomic E-state index is 0.253. The summed E-state index contributed by atoms with van der Waals surface area (Å²) >= 11 is 0. The van der Waals surface area contributed by atoms with Crippen molar-refractivity contribution in [1.29, 1.82) is 0 Å². The van der Waals surface area contributed by atoms with E-state index in [1.165, 1.54) is 5.56 Å². The summed E-state index contributed by atoms with van der Waals surface area (Å²) in [5.41, 5.74) is 1.30. The fourth-order valence-electron chi connectivity index (χ4n) is 1.31. The third-order valence-electron chi connectivity index (χ3n) is 2.22. The van der Waals surface area contributed by atoms with Crippen molar-refractivity contribution in [3.05, 3.63) is 30.1 Å². The minimum Gasteiger partial charge on any atom is -0.396 e. The Morgan fingerprint density at radius 1 is 1.43 bits per heavy atom. The Labute approximate surface area is 85.2 Å². The van der Waals surface area contributed by atoms with Crippen LogP contribution in [0.15, 0.2) is 24.5 Å². The molecule has 0 radical (unpaired) electrons. The molecule has 0 aliphatic carbocycles. The average Bonchev–Trinajstić information content (AvgIpc) is 2.20. The van der Waals surface area contributed by atoms with Crippen LogP contribution in [0, 0.1) is 0 Å². The van der Waals surface area contributed by atoms with Crippen LogP contribution in [0.1, 0.15) is 18.9 Å². The minimum absolute atomic E-state index is 0.253. The summed E-state index contributed by atoms with van der Waals surface area (Å²) < 4.78 is 0. The zero-order valence-corrected chi connectivity index (χ0v) is 8.61. The molecule has 3 heteroatoms. The number of hydrogen-bond acceptors (Lipinski definition) is 3. The topological polar surface area (TPSA) is 45.1 Å². The zero-order valence-electron chi connectivity index (χ0n) is 8.61. The molecule has 0 spiro atoms. The lowest BCUT2D eigenvalue weighted by molar-refractivity contribution is 0.269. The Kier molecular flexibility index (Phi) is 5.19. The Morgan fingerprint density at radius 3 is 2.79 bits per heavy atom. The SMILES string of the molecule is CC(CCO)NCCc1ccncc1. The number of aromatic nitrogens is 1. The lowest BCUT2D eigenvalue weighted by Gasteiger charge is -2.11. The second-order valence-corrected chi connectivity index (χ2v) is 3.47. The Hall–Kier alpha value is -0.930. The molecule has 0 saturated heterocycles. The van der Waals surface area contributed by atoms with Gasteiger partial charge in [0.2, 0.25) is 0 Å².